The summed E-state index contributed by atoms with van der Waals surface area (Å²) >= 11 is 0. The minimum absolute atomic E-state index is 0.0531. The lowest BCUT2D eigenvalue weighted by molar-refractivity contribution is -0.123. The molecule has 0 aliphatic carbocycles. The zero-order valence-electron chi connectivity index (χ0n) is 16.1. The normalized spacial score (nSPS) is 14.0. The molecular formula is C18H31N3O4. The van der Waals surface area contributed by atoms with Crippen LogP contribution in [0.2, 0.25) is 0 Å². The first-order valence-electron chi connectivity index (χ1n) is 8.72. The van der Waals surface area contributed by atoms with E-state index in [4.69, 9.17) is 9.15 Å². The third kappa shape index (κ3) is 7.17. The maximum Gasteiger partial charge on any atom is 0.408 e. The lowest BCUT2D eigenvalue weighted by atomic mass is 10.1. The highest BCUT2D eigenvalue weighted by Crippen LogP contribution is 2.20. The predicted molar refractivity (Wildman–Crippen MR) is 96.2 cm³/mol. The van der Waals surface area contributed by atoms with Crippen molar-refractivity contribution in [3.05, 3.63) is 24.2 Å². The van der Waals surface area contributed by atoms with Crippen LogP contribution in [-0.2, 0) is 9.53 Å². The summed E-state index contributed by atoms with van der Waals surface area (Å²) in [7, 11) is 0. The average molecular weight is 353 g/mol. The number of hydrogen-bond acceptors (Lipinski definition) is 5. The van der Waals surface area contributed by atoms with Gasteiger partial charge in [0, 0.05) is 6.54 Å². The van der Waals surface area contributed by atoms with Crippen LogP contribution < -0.4 is 10.6 Å². The van der Waals surface area contributed by atoms with Gasteiger partial charge < -0.3 is 19.8 Å². The second-order valence-electron chi connectivity index (χ2n) is 6.87. The Labute approximate surface area is 150 Å². The van der Waals surface area contributed by atoms with Crippen molar-refractivity contribution in [3.63, 3.8) is 0 Å². The highest BCUT2D eigenvalue weighted by atomic mass is 16.6. The fraction of sp³-hybridized carbons (Fsp3) is 0.667. The monoisotopic (exact) mass is 353 g/mol. The number of carbonyl (C=O) groups excluding carboxylic acids is 2. The van der Waals surface area contributed by atoms with Gasteiger partial charge in [0.25, 0.3) is 0 Å². The van der Waals surface area contributed by atoms with Gasteiger partial charge in [0.1, 0.15) is 17.4 Å². The van der Waals surface area contributed by atoms with Crippen molar-refractivity contribution in [1.29, 1.82) is 0 Å². The molecule has 0 aliphatic rings. The minimum atomic E-state index is -0.691. The van der Waals surface area contributed by atoms with Crippen LogP contribution in [0.25, 0.3) is 0 Å². The van der Waals surface area contributed by atoms with Crippen LogP contribution in [0.3, 0.4) is 0 Å². The van der Waals surface area contributed by atoms with Gasteiger partial charge in [-0.05, 0) is 52.9 Å². The van der Waals surface area contributed by atoms with Crippen molar-refractivity contribution in [2.75, 3.05) is 19.6 Å². The molecule has 7 nitrogen and oxygen atoms in total. The van der Waals surface area contributed by atoms with E-state index in [9.17, 15) is 9.59 Å². The fourth-order valence-corrected chi connectivity index (χ4v) is 2.46. The van der Waals surface area contributed by atoms with Gasteiger partial charge >= 0.3 is 6.09 Å². The van der Waals surface area contributed by atoms with Gasteiger partial charge in [-0.2, -0.15) is 0 Å². The Morgan fingerprint density at radius 3 is 2.40 bits per heavy atom. The van der Waals surface area contributed by atoms with E-state index in [1.165, 1.54) is 0 Å². The van der Waals surface area contributed by atoms with Crippen LogP contribution in [0, 0.1) is 0 Å². The van der Waals surface area contributed by atoms with E-state index in [-0.39, 0.29) is 11.9 Å². The van der Waals surface area contributed by atoms with E-state index in [2.05, 4.69) is 29.4 Å². The first kappa shape index (κ1) is 21.0. The maximum absolute atomic E-state index is 12.3. The summed E-state index contributed by atoms with van der Waals surface area (Å²) in [5.74, 6) is 0.534. The quantitative estimate of drug-likeness (QED) is 0.751. The predicted octanol–water partition coefficient (Wildman–Crippen LogP) is 2.69. The average Bonchev–Trinajstić information content (AvgIpc) is 3.03. The topological polar surface area (TPSA) is 83.8 Å². The van der Waals surface area contributed by atoms with Gasteiger partial charge in [0.05, 0.1) is 12.3 Å². The molecule has 2 atom stereocenters. The largest absolute Gasteiger partial charge is 0.468 e. The first-order chi connectivity index (χ1) is 11.7. The van der Waals surface area contributed by atoms with Crippen LogP contribution in [0.15, 0.2) is 22.8 Å². The molecule has 0 bridgehead atoms. The number of nitrogens with zero attached hydrogens (tertiary/aromatic N) is 1. The number of nitrogens with one attached hydrogen (secondary N) is 2. The van der Waals surface area contributed by atoms with Crippen molar-refractivity contribution in [3.8, 4) is 0 Å². The number of amides is 2. The summed E-state index contributed by atoms with van der Waals surface area (Å²) in [6.07, 6.45) is 1.02. The highest BCUT2D eigenvalue weighted by Gasteiger charge is 2.24. The van der Waals surface area contributed by atoms with Crippen LogP contribution in [0.5, 0.6) is 0 Å². The van der Waals surface area contributed by atoms with Gasteiger partial charge in [0.2, 0.25) is 5.91 Å². The lowest BCUT2D eigenvalue weighted by Crippen LogP contribution is -2.48. The second-order valence-corrected chi connectivity index (χ2v) is 6.87. The van der Waals surface area contributed by atoms with Crippen LogP contribution in [0.1, 0.15) is 53.3 Å². The van der Waals surface area contributed by atoms with Crippen LogP contribution in [-0.4, -0.2) is 48.2 Å². The summed E-state index contributed by atoms with van der Waals surface area (Å²) in [6, 6.07) is 2.99. The third-order valence-electron chi connectivity index (χ3n) is 3.72. The molecule has 2 amide bonds. The minimum Gasteiger partial charge on any atom is -0.468 e. The molecule has 0 fully saturated rings. The molecule has 1 aromatic heterocycles. The molecule has 25 heavy (non-hydrogen) atoms. The molecule has 0 radical (unpaired) electrons. The van der Waals surface area contributed by atoms with E-state index in [1.54, 1.807) is 34.0 Å². The number of hydrogen-bond donors (Lipinski definition) is 2. The van der Waals surface area contributed by atoms with Crippen LogP contribution in [0.4, 0.5) is 4.79 Å². The van der Waals surface area contributed by atoms with Gasteiger partial charge in [0.15, 0.2) is 0 Å². The molecule has 7 heteroatoms. The number of carbonyl (C=O) groups is 2. The summed E-state index contributed by atoms with van der Waals surface area (Å²) in [6.45, 7) is 13.1. The van der Waals surface area contributed by atoms with Crippen LogP contribution >= 0.6 is 0 Å². The Kier molecular flexibility index (Phi) is 7.96. The smallest absolute Gasteiger partial charge is 0.408 e. The summed E-state index contributed by atoms with van der Waals surface area (Å²) in [5.41, 5.74) is -0.604. The molecule has 0 saturated heterocycles. The highest BCUT2D eigenvalue weighted by molar-refractivity contribution is 5.85. The standard InChI is InChI=1S/C18H31N3O4/c1-7-21(8-2)14(15-10-9-11-24-15)12-19-16(22)13(3)20-17(23)25-18(4,5)6/h9-11,13-14H,7-8,12H2,1-6H3,(H,19,22)(H,20,23). The molecule has 1 rings (SSSR count). The van der Waals surface area contributed by atoms with Gasteiger partial charge in [-0.15, -0.1) is 0 Å². The molecule has 0 spiro atoms. The molecule has 0 aliphatic heterocycles. The first-order valence-corrected chi connectivity index (χ1v) is 8.72. The van der Waals surface area contributed by atoms with Crippen molar-refractivity contribution in [2.45, 2.75) is 59.2 Å². The lowest BCUT2D eigenvalue weighted by Gasteiger charge is -2.28. The van der Waals surface area contributed by atoms with Gasteiger partial charge in [-0.3, -0.25) is 9.69 Å². The molecular weight excluding hydrogens is 322 g/mol. The Morgan fingerprint density at radius 2 is 1.92 bits per heavy atom. The molecule has 142 valence electrons. The third-order valence-corrected chi connectivity index (χ3v) is 3.72. The fourth-order valence-electron chi connectivity index (χ4n) is 2.46. The van der Waals surface area contributed by atoms with Gasteiger partial charge in [-0.25, -0.2) is 4.79 Å². The molecule has 2 N–H and O–H groups in total. The molecule has 1 heterocycles. The molecule has 2 unspecified atom stereocenters. The molecule has 0 aromatic carbocycles. The summed E-state index contributed by atoms with van der Waals surface area (Å²) in [4.78, 5) is 26.2. The van der Waals surface area contributed by atoms with Gasteiger partial charge in [-0.1, -0.05) is 13.8 Å². The Balaban J connectivity index is 2.60. The van der Waals surface area contributed by atoms with E-state index < -0.39 is 17.7 Å². The summed E-state index contributed by atoms with van der Waals surface area (Å²) in [5, 5.41) is 5.42. The number of alkyl carbamates (subject to hydrolysis) is 1. The molecule has 1 aromatic rings. The number of ether oxygens (including phenoxy) is 1. The van der Waals surface area contributed by atoms with Crippen molar-refractivity contribution >= 4 is 12.0 Å². The molecule has 0 saturated carbocycles. The summed E-state index contributed by atoms with van der Waals surface area (Å²) < 4.78 is 10.7. The Hall–Kier alpha value is -2.02. The van der Waals surface area contributed by atoms with Crippen molar-refractivity contribution in [1.82, 2.24) is 15.5 Å². The van der Waals surface area contributed by atoms with Crippen molar-refractivity contribution in [2.24, 2.45) is 0 Å². The van der Waals surface area contributed by atoms with E-state index in [1.807, 2.05) is 12.1 Å². The maximum atomic E-state index is 12.3. The Bertz CT molecular complexity index is 533. The van der Waals surface area contributed by atoms with E-state index >= 15 is 0 Å². The number of furan rings is 1. The SMILES string of the molecule is CCN(CC)C(CNC(=O)C(C)NC(=O)OC(C)(C)C)c1ccco1. The van der Waals surface area contributed by atoms with Crippen molar-refractivity contribution < 1.29 is 18.7 Å². The zero-order chi connectivity index (χ0) is 19.0. The number of rotatable bonds is 8. The second kappa shape index (κ2) is 9.46. The Morgan fingerprint density at radius 1 is 1.28 bits per heavy atom. The van der Waals surface area contributed by atoms with E-state index in [0.717, 1.165) is 18.8 Å². The van der Waals surface area contributed by atoms with E-state index in [0.29, 0.717) is 6.54 Å². The number of likely N-dealkylation sites (N-methyl/N-ethyl adjacent to an activating group) is 1. The zero-order valence-corrected chi connectivity index (χ0v) is 16.1.